The summed E-state index contributed by atoms with van der Waals surface area (Å²) in [5, 5.41) is 14.1. The van der Waals surface area contributed by atoms with Crippen molar-refractivity contribution in [2.24, 2.45) is 5.92 Å². The van der Waals surface area contributed by atoms with Crippen LogP contribution in [0.3, 0.4) is 0 Å². The summed E-state index contributed by atoms with van der Waals surface area (Å²) >= 11 is 0. The van der Waals surface area contributed by atoms with Crippen LogP contribution in [0.2, 0.25) is 0 Å². The zero-order valence-electron chi connectivity index (χ0n) is 17.7. The Hall–Kier alpha value is -4.01. The summed E-state index contributed by atoms with van der Waals surface area (Å²) in [5.41, 5.74) is 2.93. The fourth-order valence-electron chi connectivity index (χ4n) is 3.44. The van der Waals surface area contributed by atoms with Crippen LogP contribution in [0.5, 0.6) is 0 Å². The standard InChI is InChI=1S/C23H23FN6O2/c1-29(2)20-12-21(28-25-13-20)26-17-5-7-18(8-6-17)27-23(32)15-11-22(31)30(14-15)19-9-3-16(24)4-10-19/h3-10,12-13,15H,11,14H2,1-2H3,(H,26,28)(H,27,32). The van der Waals surface area contributed by atoms with Crippen LogP contribution in [0.25, 0.3) is 0 Å². The fraction of sp³-hybridized carbons (Fsp3) is 0.217. The molecule has 0 aliphatic carbocycles. The molecule has 32 heavy (non-hydrogen) atoms. The van der Waals surface area contributed by atoms with E-state index in [9.17, 15) is 14.0 Å². The van der Waals surface area contributed by atoms with E-state index in [1.165, 1.54) is 29.2 Å². The van der Waals surface area contributed by atoms with E-state index in [2.05, 4.69) is 20.8 Å². The highest BCUT2D eigenvalue weighted by Gasteiger charge is 2.35. The summed E-state index contributed by atoms with van der Waals surface area (Å²) in [6, 6.07) is 14.8. The van der Waals surface area contributed by atoms with E-state index >= 15 is 0 Å². The molecule has 0 spiro atoms. The molecule has 1 aliphatic heterocycles. The molecule has 2 aromatic carbocycles. The molecule has 8 nitrogen and oxygen atoms in total. The van der Waals surface area contributed by atoms with Crippen molar-refractivity contribution in [3.8, 4) is 0 Å². The number of nitrogens with one attached hydrogen (secondary N) is 2. The first-order chi connectivity index (χ1) is 15.4. The molecule has 0 bridgehead atoms. The third-order valence-electron chi connectivity index (χ3n) is 5.22. The second kappa shape index (κ2) is 9.01. The summed E-state index contributed by atoms with van der Waals surface area (Å²) < 4.78 is 13.1. The Morgan fingerprint density at radius 2 is 1.78 bits per heavy atom. The van der Waals surface area contributed by atoms with E-state index in [-0.39, 0.29) is 30.6 Å². The van der Waals surface area contributed by atoms with Gasteiger partial charge in [-0.3, -0.25) is 9.59 Å². The molecule has 4 rings (SSSR count). The Morgan fingerprint density at radius 1 is 1.09 bits per heavy atom. The van der Waals surface area contributed by atoms with Gasteiger partial charge in [0.05, 0.1) is 17.8 Å². The number of anilines is 5. The highest BCUT2D eigenvalue weighted by Crippen LogP contribution is 2.27. The molecule has 9 heteroatoms. The number of hydrogen-bond acceptors (Lipinski definition) is 6. The fourth-order valence-corrected chi connectivity index (χ4v) is 3.44. The van der Waals surface area contributed by atoms with Crippen molar-refractivity contribution in [3.63, 3.8) is 0 Å². The molecule has 1 aliphatic rings. The monoisotopic (exact) mass is 434 g/mol. The van der Waals surface area contributed by atoms with Gasteiger partial charge in [-0.1, -0.05) is 0 Å². The molecule has 1 saturated heterocycles. The lowest BCUT2D eigenvalue weighted by atomic mass is 10.1. The van der Waals surface area contributed by atoms with Crippen LogP contribution in [-0.2, 0) is 9.59 Å². The van der Waals surface area contributed by atoms with Gasteiger partial charge in [-0.25, -0.2) is 4.39 Å². The maximum atomic E-state index is 13.1. The molecule has 2 amide bonds. The predicted octanol–water partition coefficient (Wildman–Crippen LogP) is 3.42. The van der Waals surface area contributed by atoms with Gasteiger partial charge in [0.2, 0.25) is 11.8 Å². The van der Waals surface area contributed by atoms with Crippen LogP contribution < -0.4 is 20.4 Å². The summed E-state index contributed by atoms with van der Waals surface area (Å²) in [4.78, 5) is 28.5. The zero-order valence-corrected chi connectivity index (χ0v) is 17.7. The van der Waals surface area contributed by atoms with E-state index in [0.29, 0.717) is 17.2 Å². The van der Waals surface area contributed by atoms with Crippen molar-refractivity contribution in [1.29, 1.82) is 0 Å². The summed E-state index contributed by atoms with van der Waals surface area (Å²) in [6.45, 7) is 0.261. The second-order valence-electron chi connectivity index (χ2n) is 7.77. The molecule has 2 N–H and O–H groups in total. The SMILES string of the molecule is CN(C)c1cnnc(Nc2ccc(NC(=O)C3CC(=O)N(c4ccc(F)cc4)C3)cc2)c1. The van der Waals surface area contributed by atoms with Crippen molar-refractivity contribution >= 4 is 40.4 Å². The highest BCUT2D eigenvalue weighted by atomic mass is 19.1. The number of aromatic nitrogens is 2. The van der Waals surface area contributed by atoms with Crippen LogP contribution in [-0.4, -0.2) is 42.7 Å². The Labute approximate surface area is 185 Å². The molecule has 1 aromatic heterocycles. The average molecular weight is 434 g/mol. The number of halogens is 1. The number of nitrogens with zero attached hydrogens (tertiary/aromatic N) is 4. The number of amides is 2. The summed E-state index contributed by atoms with van der Waals surface area (Å²) in [7, 11) is 3.85. The van der Waals surface area contributed by atoms with Crippen LogP contribution in [0.4, 0.5) is 33.0 Å². The van der Waals surface area contributed by atoms with E-state index in [1.807, 2.05) is 37.2 Å². The quantitative estimate of drug-likeness (QED) is 0.618. The molecule has 2 heterocycles. The number of benzene rings is 2. The van der Waals surface area contributed by atoms with Gasteiger partial charge in [-0.2, -0.15) is 5.10 Å². The minimum Gasteiger partial charge on any atom is -0.376 e. The largest absolute Gasteiger partial charge is 0.376 e. The Bertz CT molecular complexity index is 1120. The van der Waals surface area contributed by atoms with Gasteiger partial charge >= 0.3 is 0 Å². The lowest BCUT2D eigenvalue weighted by molar-refractivity contribution is -0.122. The molecular weight excluding hydrogens is 411 g/mol. The van der Waals surface area contributed by atoms with Gasteiger partial charge in [0.15, 0.2) is 5.82 Å². The maximum absolute atomic E-state index is 13.1. The molecule has 3 aromatic rings. The number of hydrogen-bond donors (Lipinski definition) is 2. The van der Waals surface area contributed by atoms with E-state index in [4.69, 9.17) is 0 Å². The summed E-state index contributed by atoms with van der Waals surface area (Å²) in [5.74, 6) is -0.622. The lowest BCUT2D eigenvalue weighted by Crippen LogP contribution is -2.28. The lowest BCUT2D eigenvalue weighted by Gasteiger charge is -2.16. The number of carbonyl (C=O) groups excluding carboxylic acids is 2. The highest BCUT2D eigenvalue weighted by molar-refractivity contribution is 6.03. The van der Waals surface area contributed by atoms with Crippen molar-refractivity contribution in [1.82, 2.24) is 10.2 Å². The maximum Gasteiger partial charge on any atom is 0.229 e. The molecular formula is C23H23FN6O2. The molecule has 1 unspecified atom stereocenters. The first kappa shape index (κ1) is 21.2. The third-order valence-corrected chi connectivity index (χ3v) is 5.22. The van der Waals surface area contributed by atoms with E-state index in [1.54, 1.807) is 18.3 Å². The topological polar surface area (TPSA) is 90.5 Å². The molecule has 1 atom stereocenters. The van der Waals surface area contributed by atoms with Crippen molar-refractivity contribution in [2.75, 3.05) is 41.1 Å². The zero-order chi connectivity index (χ0) is 22.7. The van der Waals surface area contributed by atoms with Gasteiger partial charge in [0.25, 0.3) is 0 Å². The first-order valence-corrected chi connectivity index (χ1v) is 10.1. The average Bonchev–Trinajstić information content (AvgIpc) is 3.17. The van der Waals surface area contributed by atoms with Crippen molar-refractivity contribution in [3.05, 3.63) is 66.6 Å². The van der Waals surface area contributed by atoms with Gasteiger partial charge in [0.1, 0.15) is 5.82 Å². The van der Waals surface area contributed by atoms with E-state index in [0.717, 1.165) is 11.4 Å². The Balaban J connectivity index is 1.36. The van der Waals surface area contributed by atoms with E-state index < -0.39 is 5.92 Å². The third kappa shape index (κ3) is 4.83. The Morgan fingerprint density at radius 3 is 2.47 bits per heavy atom. The smallest absolute Gasteiger partial charge is 0.229 e. The molecule has 164 valence electrons. The van der Waals surface area contributed by atoms with Crippen molar-refractivity contribution < 1.29 is 14.0 Å². The van der Waals surface area contributed by atoms with Crippen LogP contribution in [0.1, 0.15) is 6.42 Å². The minimum atomic E-state index is -0.477. The molecule has 1 fully saturated rings. The first-order valence-electron chi connectivity index (χ1n) is 10.1. The number of carbonyl (C=O) groups is 2. The van der Waals surface area contributed by atoms with Gasteiger partial charge < -0.3 is 20.4 Å². The Kier molecular flexibility index (Phi) is 5.98. The van der Waals surface area contributed by atoms with Crippen LogP contribution in [0.15, 0.2) is 60.8 Å². The number of rotatable bonds is 6. The summed E-state index contributed by atoms with van der Waals surface area (Å²) in [6.07, 6.45) is 1.79. The van der Waals surface area contributed by atoms with Crippen molar-refractivity contribution in [2.45, 2.75) is 6.42 Å². The van der Waals surface area contributed by atoms with Gasteiger partial charge in [0, 0.05) is 50.2 Å². The molecule has 0 saturated carbocycles. The second-order valence-corrected chi connectivity index (χ2v) is 7.77. The van der Waals surface area contributed by atoms with Crippen LogP contribution in [0, 0.1) is 11.7 Å². The van der Waals surface area contributed by atoms with Gasteiger partial charge in [-0.15, -0.1) is 5.10 Å². The molecule has 0 radical (unpaired) electrons. The van der Waals surface area contributed by atoms with Gasteiger partial charge in [-0.05, 0) is 48.5 Å². The van der Waals surface area contributed by atoms with Crippen LogP contribution >= 0.6 is 0 Å². The minimum absolute atomic E-state index is 0.115. The predicted molar refractivity (Wildman–Crippen MR) is 122 cm³/mol. The normalized spacial score (nSPS) is 15.5.